The first kappa shape index (κ1) is 18.4. The molecule has 1 aromatic heterocycles. The van der Waals surface area contributed by atoms with Gasteiger partial charge in [0.25, 0.3) is 0 Å². The highest BCUT2D eigenvalue weighted by atomic mass is 16.5. The number of H-pyrrole nitrogens is 1. The number of piperidine rings is 1. The standard InChI is InChI=1S/C22H32N4O/c1-4-27-20-7-5-19(6-8-20)26-15-18-11-22(2,3)21(26)16-25(14-18)10-9-17-12-23-24-13-17/h5-8,12-13,18,21H,4,9-11,14-16H2,1-3H3,(H,23,24). The molecule has 3 aliphatic rings. The van der Waals surface area contributed by atoms with E-state index in [1.165, 1.54) is 24.2 Å². The molecular weight excluding hydrogens is 336 g/mol. The predicted octanol–water partition coefficient (Wildman–Crippen LogP) is 3.59. The van der Waals surface area contributed by atoms with E-state index in [2.05, 4.69) is 58.1 Å². The van der Waals surface area contributed by atoms with Crippen LogP contribution in [0.3, 0.4) is 0 Å². The Morgan fingerprint density at radius 2 is 2.00 bits per heavy atom. The molecule has 0 spiro atoms. The van der Waals surface area contributed by atoms with E-state index >= 15 is 0 Å². The molecule has 3 saturated heterocycles. The van der Waals surface area contributed by atoms with Crippen LogP contribution >= 0.6 is 0 Å². The maximum absolute atomic E-state index is 5.63. The predicted molar refractivity (Wildman–Crippen MR) is 109 cm³/mol. The molecule has 5 heteroatoms. The number of aromatic amines is 1. The van der Waals surface area contributed by atoms with Crippen molar-refractivity contribution >= 4 is 5.69 Å². The van der Waals surface area contributed by atoms with Crippen molar-refractivity contribution in [2.75, 3.05) is 37.7 Å². The fourth-order valence-corrected chi connectivity index (χ4v) is 4.99. The fourth-order valence-electron chi connectivity index (χ4n) is 4.99. The van der Waals surface area contributed by atoms with Crippen molar-refractivity contribution in [2.24, 2.45) is 11.3 Å². The summed E-state index contributed by atoms with van der Waals surface area (Å²) in [5.74, 6) is 1.68. The van der Waals surface area contributed by atoms with Gasteiger partial charge in [-0.1, -0.05) is 13.8 Å². The first-order chi connectivity index (χ1) is 13.0. The van der Waals surface area contributed by atoms with Gasteiger partial charge in [-0.3, -0.25) is 5.10 Å². The molecule has 1 aromatic carbocycles. The molecule has 2 aromatic rings. The Bertz CT molecular complexity index is 725. The number of aromatic nitrogens is 2. The summed E-state index contributed by atoms with van der Waals surface area (Å²) in [6.45, 7) is 12.2. The first-order valence-corrected chi connectivity index (χ1v) is 10.2. The molecule has 27 heavy (non-hydrogen) atoms. The second-order valence-corrected chi connectivity index (χ2v) is 8.77. The van der Waals surface area contributed by atoms with Gasteiger partial charge in [-0.25, -0.2) is 0 Å². The lowest BCUT2D eigenvalue weighted by Crippen LogP contribution is -2.53. The number of fused-ring (bicyclic) bond motifs is 4. The normalized spacial score (nSPS) is 24.8. The Labute approximate surface area is 162 Å². The number of hydrogen-bond acceptors (Lipinski definition) is 4. The maximum atomic E-state index is 5.63. The SMILES string of the molecule is CCOc1ccc(N2CC3CN(CCc4cn[nH]c4)CC2C(C)(C)C3)cc1. The quantitative estimate of drug-likeness (QED) is 0.846. The summed E-state index contributed by atoms with van der Waals surface area (Å²) in [4.78, 5) is 5.33. The van der Waals surface area contributed by atoms with Crippen molar-refractivity contribution in [2.45, 2.75) is 39.7 Å². The Balaban J connectivity index is 1.51. The highest BCUT2D eigenvalue weighted by molar-refractivity contribution is 5.51. The summed E-state index contributed by atoms with van der Waals surface area (Å²) in [5, 5.41) is 7.01. The van der Waals surface area contributed by atoms with E-state index in [1.807, 2.05) is 19.3 Å². The number of benzene rings is 1. The second kappa shape index (κ2) is 7.55. The molecule has 3 aliphatic heterocycles. The number of rotatable bonds is 6. The summed E-state index contributed by atoms with van der Waals surface area (Å²) >= 11 is 0. The van der Waals surface area contributed by atoms with Gasteiger partial charge in [0.2, 0.25) is 0 Å². The number of anilines is 1. The van der Waals surface area contributed by atoms with Gasteiger partial charge in [0.05, 0.1) is 12.8 Å². The van der Waals surface area contributed by atoms with Crippen molar-refractivity contribution in [3.05, 3.63) is 42.2 Å². The highest BCUT2D eigenvalue weighted by Gasteiger charge is 2.45. The van der Waals surface area contributed by atoms with Crippen LogP contribution < -0.4 is 9.64 Å². The molecule has 4 heterocycles. The van der Waals surface area contributed by atoms with Gasteiger partial charge < -0.3 is 14.5 Å². The van der Waals surface area contributed by atoms with Crippen molar-refractivity contribution in [3.8, 4) is 5.75 Å². The topological polar surface area (TPSA) is 44.4 Å². The van der Waals surface area contributed by atoms with Gasteiger partial charge in [0.1, 0.15) is 5.75 Å². The van der Waals surface area contributed by atoms with Crippen LogP contribution in [0.1, 0.15) is 32.8 Å². The van der Waals surface area contributed by atoms with Gasteiger partial charge in [0.15, 0.2) is 0 Å². The number of hydrogen-bond donors (Lipinski definition) is 1. The van der Waals surface area contributed by atoms with Crippen molar-refractivity contribution in [1.82, 2.24) is 15.1 Å². The van der Waals surface area contributed by atoms with Crippen LogP contribution in [-0.2, 0) is 6.42 Å². The van der Waals surface area contributed by atoms with Crippen LogP contribution in [0.5, 0.6) is 5.75 Å². The third-order valence-electron chi connectivity index (χ3n) is 6.25. The zero-order chi connectivity index (χ0) is 18.9. The molecule has 1 N–H and O–H groups in total. The average molecular weight is 369 g/mol. The number of ether oxygens (including phenoxy) is 1. The van der Waals surface area contributed by atoms with Gasteiger partial charge in [0, 0.05) is 44.1 Å². The fraction of sp³-hybridized carbons (Fsp3) is 0.591. The Hall–Kier alpha value is -2.01. The molecule has 2 atom stereocenters. The highest BCUT2D eigenvalue weighted by Crippen LogP contribution is 2.43. The Kier molecular flexibility index (Phi) is 5.13. The zero-order valence-electron chi connectivity index (χ0n) is 16.8. The minimum atomic E-state index is 0.325. The van der Waals surface area contributed by atoms with E-state index in [9.17, 15) is 0 Å². The minimum Gasteiger partial charge on any atom is -0.494 e. The van der Waals surface area contributed by atoms with E-state index in [1.54, 1.807) is 0 Å². The molecule has 0 amide bonds. The lowest BCUT2D eigenvalue weighted by Gasteiger charge is -2.48. The molecule has 3 fully saturated rings. The largest absolute Gasteiger partial charge is 0.494 e. The van der Waals surface area contributed by atoms with E-state index < -0.39 is 0 Å². The maximum Gasteiger partial charge on any atom is 0.119 e. The van der Waals surface area contributed by atoms with Crippen LogP contribution in [0, 0.1) is 11.3 Å². The average Bonchev–Trinajstić information content (AvgIpc) is 3.04. The van der Waals surface area contributed by atoms with Crippen molar-refractivity contribution in [1.29, 1.82) is 0 Å². The number of nitrogens with zero attached hydrogens (tertiary/aromatic N) is 3. The van der Waals surface area contributed by atoms with E-state index in [4.69, 9.17) is 4.74 Å². The summed E-state index contributed by atoms with van der Waals surface area (Å²) in [6.07, 6.45) is 6.35. The second-order valence-electron chi connectivity index (χ2n) is 8.77. The van der Waals surface area contributed by atoms with Crippen LogP contribution in [0.15, 0.2) is 36.7 Å². The number of nitrogens with one attached hydrogen (secondary N) is 1. The monoisotopic (exact) mass is 368 g/mol. The van der Waals surface area contributed by atoms with Crippen LogP contribution in [-0.4, -0.2) is 53.9 Å². The lowest BCUT2D eigenvalue weighted by molar-refractivity contribution is 0.190. The molecule has 2 unspecified atom stereocenters. The zero-order valence-corrected chi connectivity index (χ0v) is 16.8. The summed E-state index contributed by atoms with van der Waals surface area (Å²) in [7, 11) is 0. The van der Waals surface area contributed by atoms with E-state index in [-0.39, 0.29) is 0 Å². The Morgan fingerprint density at radius 1 is 1.19 bits per heavy atom. The summed E-state index contributed by atoms with van der Waals surface area (Å²) < 4.78 is 5.63. The van der Waals surface area contributed by atoms with Gasteiger partial charge >= 0.3 is 0 Å². The van der Waals surface area contributed by atoms with Crippen molar-refractivity contribution < 1.29 is 4.74 Å². The van der Waals surface area contributed by atoms with Crippen molar-refractivity contribution in [3.63, 3.8) is 0 Å². The third kappa shape index (κ3) is 3.98. The lowest BCUT2D eigenvalue weighted by atomic mass is 9.73. The van der Waals surface area contributed by atoms with Gasteiger partial charge in [-0.05, 0) is 60.9 Å². The minimum absolute atomic E-state index is 0.325. The Morgan fingerprint density at radius 3 is 2.70 bits per heavy atom. The molecular formula is C22H32N4O. The molecule has 5 nitrogen and oxygen atoms in total. The first-order valence-electron chi connectivity index (χ1n) is 10.2. The molecule has 0 saturated carbocycles. The molecule has 2 bridgehead atoms. The van der Waals surface area contributed by atoms with E-state index in [0.717, 1.165) is 37.7 Å². The molecule has 5 rings (SSSR count). The van der Waals surface area contributed by atoms with Crippen LogP contribution in [0.2, 0.25) is 0 Å². The van der Waals surface area contributed by atoms with Gasteiger partial charge in [-0.15, -0.1) is 0 Å². The van der Waals surface area contributed by atoms with E-state index in [0.29, 0.717) is 18.1 Å². The molecule has 0 radical (unpaired) electrons. The smallest absolute Gasteiger partial charge is 0.119 e. The van der Waals surface area contributed by atoms with Crippen LogP contribution in [0.4, 0.5) is 5.69 Å². The molecule has 0 aliphatic carbocycles. The summed E-state index contributed by atoms with van der Waals surface area (Å²) in [6, 6.07) is 9.23. The summed E-state index contributed by atoms with van der Waals surface area (Å²) in [5.41, 5.74) is 2.96. The van der Waals surface area contributed by atoms with Crippen LogP contribution in [0.25, 0.3) is 0 Å². The third-order valence-corrected chi connectivity index (χ3v) is 6.25. The molecule has 146 valence electrons. The van der Waals surface area contributed by atoms with Gasteiger partial charge in [-0.2, -0.15) is 5.10 Å².